The first-order valence-electron chi connectivity index (χ1n) is 8.17. The fraction of sp³-hybridized carbons (Fsp3) is 0.688. The number of imidazole rings is 1. The molecule has 0 aliphatic heterocycles. The summed E-state index contributed by atoms with van der Waals surface area (Å²) >= 11 is 0. The van der Waals surface area contributed by atoms with Gasteiger partial charge in [0.25, 0.3) is 5.56 Å². The number of aliphatic hydroxyl groups excluding tert-OH is 1. The predicted octanol–water partition coefficient (Wildman–Crippen LogP) is 1.17. The molecule has 0 radical (unpaired) electrons. The van der Waals surface area contributed by atoms with Crippen LogP contribution in [0.5, 0.6) is 0 Å². The number of nitrogens with zero attached hydrogens (tertiary/aromatic N) is 3. The van der Waals surface area contributed by atoms with Gasteiger partial charge in [-0.25, -0.2) is 9.78 Å². The van der Waals surface area contributed by atoms with Crippen LogP contribution in [0, 0.1) is 5.92 Å². The van der Waals surface area contributed by atoms with E-state index in [0.717, 1.165) is 31.5 Å². The average molecular weight is 322 g/mol. The number of unbranched alkanes of at least 4 members (excludes halogenated alkanes) is 1. The van der Waals surface area contributed by atoms with Crippen LogP contribution in [0.3, 0.4) is 0 Å². The summed E-state index contributed by atoms with van der Waals surface area (Å²) in [6, 6.07) is 0. The Balaban J connectivity index is 2.42. The largest absolute Gasteiger partial charge is 0.393 e. The van der Waals surface area contributed by atoms with Crippen molar-refractivity contribution in [3.63, 3.8) is 0 Å². The van der Waals surface area contributed by atoms with E-state index in [1.54, 1.807) is 14.0 Å². The number of aryl methyl sites for hydroxylation is 2. The minimum absolute atomic E-state index is 0.298. The molecule has 7 heteroatoms. The van der Waals surface area contributed by atoms with Crippen LogP contribution in [-0.2, 0) is 20.0 Å². The Morgan fingerprint density at radius 2 is 1.91 bits per heavy atom. The van der Waals surface area contributed by atoms with Gasteiger partial charge in [0.2, 0.25) is 0 Å². The van der Waals surface area contributed by atoms with Gasteiger partial charge in [0, 0.05) is 20.0 Å². The van der Waals surface area contributed by atoms with E-state index in [0.29, 0.717) is 23.6 Å². The van der Waals surface area contributed by atoms with Gasteiger partial charge in [0.1, 0.15) is 5.82 Å². The third-order valence-corrected chi connectivity index (χ3v) is 3.91. The molecule has 1 atom stereocenters. The molecule has 1 unspecified atom stereocenters. The van der Waals surface area contributed by atoms with Gasteiger partial charge in [0.15, 0.2) is 11.2 Å². The fourth-order valence-corrected chi connectivity index (χ4v) is 2.76. The molecule has 0 bridgehead atoms. The molecule has 0 amide bonds. The minimum Gasteiger partial charge on any atom is -0.393 e. The average Bonchev–Trinajstić information content (AvgIpc) is 2.79. The lowest BCUT2D eigenvalue weighted by molar-refractivity contribution is 0.180. The Morgan fingerprint density at radius 3 is 2.52 bits per heavy atom. The van der Waals surface area contributed by atoms with E-state index in [9.17, 15) is 14.7 Å². The highest BCUT2D eigenvalue weighted by Gasteiger charge is 2.17. The second-order valence-corrected chi connectivity index (χ2v) is 6.62. The van der Waals surface area contributed by atoms with Crippen LogP contribution in [0.25, 0.3) is 11.2 Å². The van der Waals surface area contributed by atoms with Gasteiger partial charge < -0.3 is 9.67 Å². The van der Waals surface area contributed by atoms with Crippen molar-refractivity contribution in [2.45, 2.75) is 59.1 Å². The molecular formula is C16H26N4O3. The quantitative estimate of drug-likeness (QED) is 0.748. The van der Waals surface area contributed by atoms with E-state index in [1.807, 2.05) is 4.57 Å². The summed E-state index contributed by atoms with van der Waals surface area (Å²) in [6.07, 6.45) is 2.97. The zero-order chi connectivity index (χ0) is 17.1. The predicted molar refractivity (Wildman–Crippen MR) is 89.7 cm³/mol. The lowest BCUT2D eigenvalue weighted by Gasteiger charge is -2.11. The number of rotatable bonds is 7. The Hall–Kier alpha value is -1.89. The van der Waals surface area contributed by atoms with Gasteiger partial charge in [-0.3, -0.25) is 14.3 Å². The molecule has 2 N–H and O–H groups in total. The fourth-order valence-electron chi connectivity index (χ4n) is 2.76. The van der Waals surface area contributed by atoms with E-state index >= 15 is 0 Å². The van der Waals surface area contributed by atoms with Gasteiger partial charge in [-0.2, -0.15) is 0 Å². The molecule has 2 aromatic heterocycles. The number of aliphatic hydroxyl groups is 1. The summed E-state index contributed by atoms with van der Waals surface area (Å²) in [7, 11) is 1.62. The third-order valence-electron chi connectivity index (χ3n) is 3.91. The van der Waals surface area contributed by atoms with Crippen molar-refractivity contribution >= 4 is 11.2 Å². The normalized spacial score (nSPS) is 13.1. The van der Waals surface area contributed by atoms with E-state index in [1.165, 1.54) is 4.57 Å². The Bertz CT molecular complexity index is 783. The summed E-state index contributed by atoms with van der Waals surface area (Å²) in [5.74, 6) is 1.19. The van der Waals surface area contributed by atoms with Crippen molar-refractivity contribution in [3.05, 3.63) is 26.7 Å². The molecule has 0 aromatic carbocycles. The molecule has 0 saturated heterocycles. The van der Waals surface area contributed by atoms with Crippen LogP contribution in [0.2, 0.25) is 0 Å². The van der Waals surface area contributed by atoms with Crippen molar-refractivity contribution < 1.29 is 5.11 Å². The van der Waals surface area contributed by atoms with E-state index < -0.39 is 5.69 Å². The molecule has 0 aliphatic carbocycles. The van der Waals surface area contributed by atoms with Gasteiger partial charge in [-0.15, -0.1) is 0 Å². The summed E-state index contributed by atoms with van der Waals surface area (Å²) in [5, 5.41) is 9.34. The van der Waals surface area contributed by atoms with E-state index in [-0.39, 0.29) is 11.7 Å². The first-order valence-corrected chi connectivity index (χ1v) is 8.17. The second kappa shape index (κ2) is 7.12. The van der Waals surface area contributed by atoms with Crippen molar-refractivity contribution in [1.29, 1.82) is 0 Å². The van der Waals surface area contributed by atoms with Crippen LogP contribution in [-0.4, -0.2) is 30.3 Å². The molecule has 0 aliphatic rings. The number of fused-ring (bicyclic) bond motifs is 1. The molecule has 128 valence electrons. The highest BCUT2D eigenvalue weighted by atomic mass is 16.3. The highest BCUT2D eigenvalue weighted by molar-refractivity contribution is 5.70. The first kappa shape index (κ1) is 17.5. The number of H-pyrrole nitrogens is 1. The van der Waals surface area contributed by atoms with Crippen molar-refractivity contribution in [2.24, 2.45) is 13.0 Å². The number of hydrogen-bond acceptors (Lipinski definition) is 4. The molecule has 7 nitrogen and oxygen atoms in total. The van der Waals surface area contributed by atoms with Crippen LogP contribution < -0.4 is 11.2 Å². The third kappa shape index (κ3) is 3.90. The monoisotopic (exact) mass is 322 g/mol. The molecular weight excluding hydrogens is 296 g/mol. The standard InChI is InChI=1S/C16H26N4O3/c1-10(2)9-20-12(8-6-5-7-11(3)21)17-14-13(20)15(22)18-16(23)19(14)4/h10-11,21H,5-9H2,1-4H3,(H,18,22,23). The van der Waals surface area contributed by atoms with Crippen LogP contribution in [0.15, 0.2) is 9.59 Å². The molecule has 2 heterocycles. The smallest absolute Gasteiger partial charge is 0.329 e. The summed E-state index contributed by atoms with van der Waals surface area (Å²) in [4.78, 5) is 30.9. The molecule has 2 aromatic rings. The molecule has 0 fully saturated rings. The Kier molecular flexibility index (Phi) is 5.41. The Labute approximate surface area is 135 Å². The van der Waals surface area contributed by atoms with E-state index in [2.05, 4.69) is 23.8 Å². The maximum atomic E-state index is 12.2. The first-order chi connectivity index (χ1) is 10.8. The molecule has 0 saturated carbocycles. The summed E-state index contributed by atoms with van der Waals surface area (Å²) in [5.41, 5.74) is 0.0695. The number of hydrogen-bond donors (Lipinski definition) is 2. The molecule has 2 rings (SSSR count). The number of nitrogens with one attached hydrogen (secondary N) is 1. The van der Waals surface area contributed by atoms with Crippen molar-refractivity contribution in [1.82, 2.24) is 19.1 Å². The lowest BCUT2D eigenvalue weighted by atomic mass is 10.1. The van der Waals surface area contributed by atoms with Gasteiger partial charge in [-0.05, 0) is 25.7 Å². The second-order valence-electron chi connectivity index (χ2n) is 6.62. The van der Waals surface area contributed by atoms with Gasteiger partial charge >= 0.3 is 5.69 Å². The van der Waals surface area contributed by atoms with Crippen molar-refractivity contribution in [3.8, 4) is 0 Å². The topological polar surface area (TPSA) is 92.9 Å². The van der Waals surface area contributed by atoms with Crippen molar-refractivity contribution in [2.75, 3.05) is 0 Å². The molecule has 0 spiro atoms. The van der Waals surface area contributed by atoms with Crippen LogP contribution >= 0.6 is 0 Å². The summed E-state index contributed by atoms with van der Waals surface area (Å²) < 4.78 is 3.31. The number of aromatic amines is 1. The minimum atomic E-state index is -0.447. The zero-order valence-electron chi connectivity index (χ0n) is 14.3. The molecule has 23 heavy (non-hydrogen) atoms. The summed E-state index contributed by atoms with van der Waals surface area (Å²) in [6.45, 7) is 6.63. The Morgan fingerprint density at radius 1 is 1.22 bits per heavy atom. The van der Waals surface area contributed by atoms with E-state index in [4.69, 9.17) is 0 Å². The number of aromatic nitrogens is 4. The lowest BCUT2D eigenvalue weighted by Crippen LogP contribution is -2.29. The SMILES string of the molecule is CC(C)Cn1c(CCCCC(C)O)nc2c1c(=O)[nH]c(=O)n2C. The highest BCUT2D eigenvalue weighted by Crippen LogP contribution is 2.16. The maximum Gasteiger partial charge on any atom is 0.329 e. The van der Waals surface area contributed by atoms with Gasteiger partial charge in [0.05, 0.1) is 6.10 Å². The maximum absolute atomic E-state index is 12.2. The van der Waals surface area contributed by atoms with Crippen LogP contribution in [0.4, 0.5) is 0 Å². The zero-order valence-corrected chi connectivity index (χ0v) is 14.3. The van der Waals surface area contributed by atoms with Gasteiger partial charge in [-0.1, -0.05) is 20.3 Å². The van der Waals surface area contributed by atoms with Crippen LogP contribution in [0.1, 0.15) is 45.9 Å².